The highest BCUT2D eigenvalue weighted by atomic mass is 32.2. The van der Waals surface area contributed by atoms with E-state index < -0.39 is 5.25 Å². The fourth-order valence-corrected chi connectivity index (χ4v) is 5.54. The first kappa shape index (κ1) is 22.2. The lowest BCUT2D eigenvalue weighted by Gasteiger charge is -2.29. The van der Waals surface area contributed by atoms with Crippen molar-refractivity contribution in [2.75, 3.05) is 5.32 Å². The minimum Gasteiger partial charge on any atom is -0.487 e. The third-order valence-corrected chi connectivity index (χ3v) is 7.31. The van der Waals surface area contributed by atoms with Crippen molar-refractivity contribution in [3.63, 3.8) is 0 Å². The molecule has 1 fully saturated rings. The van der Waals surface area contributed by atoms with Crippen molar-refractivity contribution in [1.29, 1.82) is 0 Å². The normalized spacial score (nSPS) is 18.1. The molecule has 2 heterocycles. The number of fused-ring (bicyclic) bond motifs is 1. The van der Waals surface area contributed by atoms with Gasteiger partial charge in [-0.05, 0) is 41.2 Å². The average Bonchev–Trinajstić information content (AvgIpc) is 3.20. The molecule has 0 saturated carbocycles. The Hall–Kier alpha value is -3.58. The van der Waals surface area contributed by atoms with Crippen LogP contribution in [0.1, 0.15) is 34.6 Å². The Kier molecular flexibility index (Phi) is 6.36. The molecule has 7 heteroatoms. The zero-order chi connectivity index (χ0) is 23.5. The van der Waals surface area contributed by atoms with Crippen molar-refractivity contribution in [1.82, 2.24) is 5.32 Å². The van der Waals surface area contributed by atoms with E-state index in [1.807, 2.05) is 72.8 Å². The standard InChI is InChI=1S/C27H24N2O4S/c30-23-14-12-20-19(11-13-22(24(20)28-23)33-16-18-9-5-2-6-10-18)21(15-17-7-3-1-4-8-17)25-26(31)29-27(32)34-25/h1-11,13,21,25H,12,14-16H2,(H,28,30)(H,29,31,32). The summed E-state index contributed by atoms with van der Waals surface area (Å²) in [5.41, 5.74) is 4.71. The number of anilines is 1. The molecule has 5 rings (SSSR count). The summed E-state index contributed by atoms with van der Waals surface area (Å²) in [5.74, 6) is 0.0467. The number of carbonyl (C=O) groups excluding carboxylic acids is 3. The quantitative estimate of drug-likeness (QED) is 0.515. The van der Waals surface area contributed by atoms with Crippen molar-refractivity contribution in [2.24, 2.45) is 0 Å². The summed E-state index contributed by atoms with van der Waals surface area (Å²) < 4.78 is 6.10. The molecular weight excluding hydrogens is 448 g/mol. The lowest BCUT2D eigenvalue weighted by Crippen LogP contribution is -2.31. The van der Waals surface area contributed by atoms with Gasteiger partial charge in [0.05, 0.1) is 5.69 Å². The van der Waals surface area contributed by atoms with Crippen molar-refractivity contribution in [3.05, 3.63) is 95.1 Å². The van der Waals surface area contributed by atoms with E-state index >= 15 is 0 Å². The van der Waals surface area contributed by atoms with Crippen molar-refractivity contribution < 1.29 is 19.1 Å². The SMILES string of the molecule is O=C1CCc2c(C(Cc3ccccc3)C3SC(=O)NC3=O)ccc(OCc3ccccc3)c2N1. The number of nitrogens with one attached hydrogen (secondary N) is 2. The second-order valence-corrected chi connectivity index (χ2v) is 9.55. The maximum atomic E-state index is 12.7. The lowest BCUT2D eigenvalue weighted by atomic mass is 9.83. The summed E-state index contributed by atoms with van der Waals surface area (Å²) in [6.45, 7) is 0.380. The molecule has 0 bridgehead atoms. The predicted octanol–water partition coefficient (Wildman–Crippen LogP) is 4.83. The predicted molar refractivity (Wildman–Crippen MR) is 132 cm³/mol. The molecule has 1 saturated heterocycles. The molecule has 0 radical (unpaired) electrons. The zero-order valence-electron chi connectivity index (χ0n) is 18.5. The number of thioether (sulfide) groups is 1. The molecule has 0 aromatic heterocycles. The van der Waals surface area contributed by atoms with Crippen LogP contribution in [0.2, 0.25) is 0 Å². The first-order chi connectivity index (χ1) is 16.6. The van der Waals surface area contributed by atoms with Gasteiger partial charge in [-0.1, -0.05) is 78.5 Å². The number of carbonyl (C=O) groups is 3. The van der Waals surface area contributed by atoms with Crippen molar-refractivity contribution in [3.8, 4) is 5.75 Å². The van der Waals surface area contributed by atoms with E-state index in [1.165, 1.54) is 0 Å². The first-order valence-electron chi connectivity index (χ1n) is 11.3. The Labute approximate surface area is 202 Å². The molecule has 2 atom stereocenters. The number of imide groups is 1. The maximum Gasteiger partial charge on any atom is 0.286 e. The highest BCUT2D eigenvalue weighted by Gasteiger charge is 2.40. The van der Waals surface area contributed by atoms with Gasteiger partial charge in [0.2, 0.25) is 11.8 Å². The molecule has 172 valence electrons. The van der Waals surface area contributed by atoms with E-state index in [0.717, 1.165) is 34.0 Å². The molecule has 2 aliphatic rings. The molecule has 3 aromatic rings. The van der Waals surface area contributed by atoms with Crippen LogP contribution in [0, 0.1) is 0 Å². The summed E-state index contributed by atoms with van der Waals surface area (Å²) in [5, 5.41) is 4.57. The molecule has 6 nitrogen and oxygen atoms in total. The van der Waals surface area contributed by atoms with Crippen LogP contribution in [0.15, 0.2) is 72.8 Å². The first-order valence-corrected chi connectivity index (χ1v) is 12.1. The third kappa shape index (κ3) is 4.70. The smallest absolute Gasteiger partial charge is 0.286 e. The highest BCUT2D eigenvalue weighted by molar-refractivity contribution is 8.15. The van der Waals surface area contributed by atoms with Gasteiger partial charge in [0.25, 0.3) is 5.24 Å². The van der Waals surface area contributed by atoms with Crippen LogP contribution >= 0.6 is 11.8 Å². The molecule has 34 heavy (non-hydrogen) atoms. The van der Waals surface area contributed by atoms with Gasteiger partial charge in [-0.15, -0.1) is 0 Å². The van der Waals surface area contributed by atoms with Gasteiger partial charge in [-0.25, -0.2) is 0 Å². The van der Waals surface area contributed by atoms with Gasteiger partial charge >= 0.3 is 0 Å². The molecule has 0 aliphatic carbocycles. The number of rotatable bonds is 7. The fourth-order valence-electron chi connectivity index (χ4n) is 4.58. The fraction of sp³-hybridized carbons (Fsp3) is 0.222. The van der Waals surface area contributed by atoms with Crippen LogP contribution in [-0.4, -0.2) is 22.3 Å². The topological polar surface area (TPSA) is 84.5 Å². The van der Waals surface area contributed by atoms with E-state index in [4.69, 9.17) is 4.74 Å². The van der Waals surface area contributed by atoms with Gasteiger partial charge in [-0.3, -0.25) is 19.7 Å². The Morgan fingerprint density at radius 1 is 0.853 bits per heavy atom. The van der Waals surface area contributed by atoms with Crippen LogP contribution < -0.4 is 15.4 Å². The van der Waals surface area contributed by atoms with Crippen molar-refractivity contribution >= 4 is 34.5 Å². The average molecular weight is 473 g/mol. The Morgan fingerprint density at radius 3 is 2.24 bits per heavy atom. The zero-order valence-corrected chi connectivity index (χ0v) is 19.3. The van der Waals surface area contributed by atoms with E-state index in [2.05, 4.69) is 10.6 Å². The molecule has 2 aliphatic heterocycles. The number of benzene rings is 3. The molecule has 3 aromatic carbocycles. The minimum absolute atomic E-state index is 0.0583. The van der Waals surface area contributed by atoms with Gasteiger partial charge in [0.1, 0.15) is 17.6 Å². The molecule has 2 N–H and O–H groups in total. The Morgan fingerprint density at radius 2 is 1.56 bits per heavy atom. The van der Waals surface area contributed by atoms with Crippen LogP contribution in [0.3, 0.4) is 0 Å². The second-order valence-electron chi connectivity index (χ2n) is 8.44. The molecule has 0 spiro atoms. The van der Waals surface area contributed by atoms with Crippen molar-refractivity contribution in [2.45, 2.75) is 37.0 Å². The Balaban J connectivity index is 1.53. The van der Waals surface area contributed by atoms with Gasteiger partial charge in [0, 0.05) is 12.3 Å². The van der Waals surface area contributed by atoms with Gasteiger partial charge in [0.15, 0.2) is 0 Å². The second kappa shape index (κ2) is 9.73. The summed E-state index contributed by atoms with van der Waals surface area (Å²) in [7, 11) is 0. The van der Waals surface area contributed by atoms with E-state index in [-0.39, 0.29) is 23.0 Å². The molecular formula is C27H24N2O4S. The summed E-state index contributed by atoms with van der Waals surface area (Å²) in [4.78, 5) is 37.0. The largest absolute Gasteiger partial charge is 0.487 e. The van der Waals surface area contributed by atoms with Crippen LogP contribution in [0.4, 0.5) is 10.5 Å². The number of hydrogen-bond acceptors (Lipinski definition) is 5. The maximum absolute atomic E-state index is 12.7. The molecule has 2 unspecified atom stereocenters. The minimum atomic E-state index is -0.537. The number of hydrogen-bond donors (Lipinski definition) is 2. The van der Waals surface area contributed by atoms with Crippen LogP contribution in [-0.2, 0) is 29.0 Å². The highest BCUT2D eigenvalue weighted by Crippen LogP contribution is 2.43. The third-order valence-electron chi connectivity index (χ3n) is 6.20. The van der Waals surface area contributed by atoms with Gasteiger partial charge in [-0.2, -0.15) is 0 Å². The summed E-state index contributed by atoms with van der Waals surface area (Å²) >= 11 is 1.04. The van der Waals surface area contributed by atoms with E-state index in [1.54, 1.807) is 0 Å². The van der Waals surface area contributed by atoms with Gasteiger partial charge < -0.3 is 10.1 Å². The van der Waals surface area contributed by atoms with E-state index in [9.17, 15) is 14.4 Å². The lowest BCUT2D eigenvalue weighted by molar-refractivity contribution is -0.119. The number of ether oxygens (including phenoxy) is 1. The van der Waals surface area contributed by atoms with E-state index in [0.29, 0.717) is 37.3 Å². The monoisotopic (exact) mass is 472 g/mol. The van der Waals surface area contributed by atoms with Crippen LogP contribution in [0.25, 0.3) is 0 Å². The molecule has 3 amide bonds. The number of amides is 3. The summed E-state index contributed by atoms with van der Waals surface area (Å²) in [6, 6.07) is 23.6. The van der Waals surface area contributed by atoms with Crippen LogP contribution in [0.5, 0.6) is 5.75 Å². The Bertz CT molecular complexity index is 1230. The summed E-state index contributed by atoms with van der Waals surface area (Å²) in [6.07, 6.45) is 1.52.